The third-order valence-corrected chi connectivity index (χ3v) is 4.67. The highest BCUT2D eigenvalue weighted by Crippen LogP contribution is 2.24. The first-order valence-electron chi connectivity index (χ1n) is 8.02. The molecule has 0 aromatic heterocycles. The van der Waals surface area contributed by atoms with E-state index in [1.165, 1.54) is 39.0 Å². The first-order chi connectivity index (χ1) is 8.86. The molecule has 1 heterocycles. The monoisotopic (exact) mass is 269 g/mol. The number of rotatable bonds is 6. The van der Waals surface area contributed by atoms with Crippen LogP contribution < -0.4 is 5.32 Å². The Morgan fingerprint density at radius 1 is 1.32 bits per heavy atom. The molecule has 2 atom stereocenters. The van der Waals surface area contributed by atoms with Crippen LogP contribution in [0.1, 0.15) is 47.5 Å². The molecule has 0 amide bonds. The average molecular weight is 269 g/mol. The van der Waals surface area contributed by atoms with E-state index in [1.807, 2.05) is 0 Å². The van der Waals surface area contributed by atoms with Gasteiger partial charge in [0.2, 0.25) is 0 Å². The van der Waals surface area contributed by atoms with Gasteiger partial charge in [-0.3, -0.25) is 4.90 Å². The van der Waals surface area contributed by atoms with Crippen molar-refractivity contribution in [2.24, 2.45) is 5.41 Å². The minimum atomic E-state index is 0.326. The molecule has 3 heteroatoms. The van der Waals surface area contributed by atoms with Crippen molar-refractivity contribution >= 4 is 0 Å². The third-order valence-electron chi connectivity index (χ3n) is 4.67. The van der Waals surface area contributed by atoms with Crippen LogP contribution in [-0.2, 0) is 0 Å². The van der Waals surface area contributed by atoms with E-state index in [0.717, 1.165) is 6.54 Å². The summed E-state index contributed by atoms with van der Waals surface area (Å²) >= 11 is 0. The van der Waals surface area contributed by atoms with Gasteiger partial charge in [-0.15, -0.1) is 0 Å². The largest absolute Gasteiger partial charge is 0.314 e. The zero-order valence-corrected chi connectivity index (χ0v) is 14.0. The zero-order valence-electron chi connectivity index (χ0n) is 14.0. The molecule has 1 N–H and O–H groups in total. The summed E-state index contributed by atoms with van der Waals surface area (Å²) in [6.07, 6.45) is 2.51. The van der Waals surface area contributed by atoms with Crippen LogP contribution in [0.25, 0.3) is 0 Å². The number of nitrogens with one attached hydrogen (secondary N) is 1. The van der Waals surface area contributed by atoms with E-state index in [9.17, 15) is 0 Å². The second-order valence-corrected chi connectivity index (χ2v) is 7.10. The van der Waals surface area contributed by atoms with Crippen molar-refractivity contribution in [3.05, 3.63) is 0 Å². The molecule has 0 saturated carbocycles. The Bertz CT molecular complexity index is 252. The van der Waals surface area contributed by atoms with Gasteiger partial charge in [0.05, 0.1) is 0 Å². The minimum Gasteiger partial charge on any atom is -0.314 e. The maximum absolute atomic E-state index is 3.66. The molecule has 0 spiro atoms. The topological polar surface area (TPSA) is 18.5 Å². The lowest BCUT2D eigenvalue weighted by Crippen LogP contribution is -2.50. The fourth-order valence-electron chi connectivity index (χ4n) is 2.95. The molecule has 2 unspecified atom stereocenters. The zero-order chi connectivity index (χ0) is 14.5. The van der Waals surface area contributed by atoms with Crippen molar-refractivity contribution in [3.63, 3.8) is 0 Å². The highest BCUT2D eigenvalue weighted by molar-refractivity contribution is 4.87. The second kappa shape index (κ2) is 7.61. The predicted octanol–water partition coefficient (Wildman–Crippen LogP) is 2.43. The summed E-state index contributed by atoms with van der Waals surface area (Å²) in [6, 6.07) is 1.24. The van der Waals surface area contributed by atoms with E-state index in [4.69, 9.17) is 0 Å². The van der Waals surface area contributed by atoms with Gasteiger partial charge in [-0.1, -0.05) is 20.8 Å². The first-order valence-corrected chi connectivity index (χ1v) is 8.02. The summed E-state index contributed by atoms with van der Waals surface area (Å²) in [5, 5.41) is 3.66. The Labute approximate surface area is 120 Å². The quantitative estimate of drug-likeness (QED) is 0.799. The molecule has 1 rings (SSSR count). The lowest BCUT2D eigenvalue weighted by Gasteiger charge is -2.39. The summed E-state index contributed by atoms with van der Waals surface area (Å²) in [4.78, 5) is 5.16. The minimum absolute atomic E-state index is 0.326. The molecule has 0 aromatic carbocycles. The Morgan fingerprint density at radius 3 is 2.63 bits per heavy atom. The van der Waals surface area contributed by atoms with E-state index in [2.05, 4.69) is 56.8 Å². The van der Waals surface area contributed by atoms with Crippen molar-refractivity contribution in [2.75, 3.05) is 39.8 Å². The molecule has 1 saturated heterocycles. The fraction of sp³-hybridized carbons (Fsp3) is 1.00. The molecule has 1 aliphatic rings. The summed E-state index contributed by atoms with van der Waals surface area (Å²) in [5.41, 5.74) is 0.326. The van der Waals surface area contributed by atoms with Crippen LogP contribution in [0.4, 0.5) is 0 Å². The number of nitrogens with zero attached hydrogens (tertiary/aromatic N) is 2. The number of likely N-dealkylation sites (N-methyl/N-ethyl adjacent to an activating group) is 1. The molecule has 114 valence electrons. The van der Waals surface area contributed by atoms with Crippen LogP contribution in [0, 0.1) is 5.41 Å². The highest BCUT2D eigenvalue weighted by Gasteiger charge is 2.30. The van der Waals surface area contributed by atoms with Crippen molar-refractivity contribution in [1.29, 1.82) is 0 Å². The van der Waals surface area contributed by atoms with Gasteiger partial charge < -0.3 is 10.2 Å². The molecule has 1 aliphatic heterocycles. The molecule has 0 aromatic rings. The maximum atomic E-state index is 3.66. The predicted molar refractivity (Wildman–Crippen MR) is 84.7 cm³/mol. The van der Waals surface area contributed by atoms with Crippen molar-refractivity contribution < 1.29 is 0 Å². The van der Waals surface area contributed by atoms with E-state index in [0.29, 0.717) is 17.5 Å². The Kier molecular flexibility index (Phi) is 6.78. The van der Waals surface area contributed by atoms with Crippen LogP contribution in [0.15, 0.2) is 0 Å². The Balaban J connectivity index is 2.55. The van der Waals surface area contributed by atoms with Crippen LogP contribution in [0.3, 0.4) is 0 Å². The standard InChI is InChI=1S/C16H35N3/c1-7-9-17-15(3)16(4,5)13-19-11-8-10-18(6)12-14(19)2/h14-15,17H,7-13H2,1-6H3. The summed E-state index contributed by atoms with van der Waals surface area (Å²) < 4.78 is 0. The number of hydrogen-bond acceptors (Lipinski definition) is 3. The molecule has 1 fully saturated rings. The first kappa shape index (κ1) is 16.9. The summed E-state index contributed by atoms with van der Waals surface area (Å²) in [7, 11) is 2.25. The molecule has 0 bridgehead atoms. The Morgan fingerprint density at radius 2 is 2.00 bits per heavy atom. The van der Waals surface area contributed by atoms with Crippen molar-refractivity contribution in [1.82, 2.24) is 15.1 Å². The van der Waals surface area contributed by atoms with E-state index in [-0.39, 0.29) is 0 Å². The average Bonchev–Trinajstić information content (AvgIpc) is 2.48. The van der Waals surface area contributed by atoms with Crippen LogP contribution in [0.5, 0.6) is 0 Å². The van der Waals surface area contributed by atoms with Gasteiger partial charge >= 0.3 is 0 Å². The highest BCUT2D eigenvalue weighted by atomic mass is 15.2. The second-order valence-electron chi connectivity index (χ2n) is 7.10. The normalized spacial score (nSPS) is 25.3. The van der Waals surface area contributed by atoms with Crippen molar-refractivity contribution in [3.8, 4) is 0 Å². The van der Waals surface area contributed by atoms with Gasteiger partial charge in [0.25, 0.3) is 0 Å². The summed E-state index contributed by atoms with van der Waals surface area (Å²) in [5.74, 6) is 0. The maximum Gasteiger partial charge on any atom is 0.0195 e. The van der Waals surface area contributed by atoms with Crippen LogP contribution in [0.2, 0.25) is 0 Å². The molecular formula is C16H35N3. The van der Waals surface area contributed by atoms with Gasteiger partial charge in [-0.05, 0) is 58.8 Å². The van der Waals surface area contributed by atoms with Gasteiger partial charge in [0.1, 0.15) is 0 Å². The summed E-state index contributed by atoms with van der Waals surface area (Å²) in [6.45, 7) is 17.8. The smallest absolute Gasteiger partial charge is 0.0195 e. The molecular weight excluding hydrogens is 234 g/mol. The van der Waals surface area contributed by atoms with Gasteiger partial charge in [0.15, 0.2) is 0 Å². The molecule has 0 radical (unpaired) electrons. The molecule has 19 heavy (non-hydrogen) atoms. The van der Waals surface area contributed by atoms with E-state index in [1.54, 1.807) is 0 Å². The lowest BCUT2D eigenvalue weighted by atomic mass is 9.84. The SMILES string of the molecule is CCCNC(C)C(C)(C)CN1CCCN(C)CC1C. The van der Waals surface area contributed by atoms with E-state index < -0.39 is 0 Å². The van der Waals surface area contributed by atoms with E-state index >= 15 is 0 Å². The number of hydrogen-bond donors (Lipinski definition) is 1. The van der Waals surface area contributed by atoms with Crippen molar-refractivity contribution in [2.45, 2.75) is 59.5 Å². The van der Waals surface area contributed by atoms with Gasteiger partial charge in [0, 0.05) is 25.2 Å². The Hall–Kier alpha value is -0.120. The van der Waals surface area contributed by atoms with Gasteiger partial charge in [-0.2, -0.15) is 0 Å². The third kappa shape index (κ3) is 5.41. The molecule has 0 aliphatic carbocycles. The lowest BCUT2D eigenvalue weighted by molar-refractivity contribution is 0.112. The van der Waals surface area contributed by atoms with Gasteiger partial charge in [-0.25, -0.2) is 0 Å². The fourth-order valence-corrected chi connectivity index (χ4v) is 2.95. The van der Waals surface area contributed by atoms with Crippen LogP contribution >= 0.6 is 0 Å². The van der Waals surface area contributed by atoms with Crippen LogP contribution in [-0.4, -0.2) is 61.7 Å². The molecule has 3 nitrogen and oxygen atoms in total.